The summed E-state index contributed by atoms with van der Waals surface area (Å²) in [6, 6.07) is 0. The lowest BCUT2D eigenvalue weighted by molar-refractivity contribution is 0.0890. The van der Waals surface area contributed by atoms with Gasteiger partial charge in [0.2, 0.25) is 0 Å². The molecule has 1 atom stereocenters. The van der Waals surface area contributed by atoms with E-state index in [4.69, 9.17) is 10.8 Å². The molecular formula is C10H9F2N5O. The van der Waals surface area contributed by atoms with Crippen molar-refractivity contribution in [3.05, 3.63) is 18.2 Å². The molecule has 2 heterocycles. The average molecular weight is 253 g/mol. The molecule has 8 heteroatoms. The van der Waals surface area contributed by atoms with Gasteiger partial charge in [0.1, 0.15) is 12.7 Å². The lowest BCUT2D eigenvalue weighted by Crippen LogP contribution is -1.96. The van der Waals surface area contributed by atoms with Gasteiger partial charge in [-0.3, -0.25) is 4.57 Å². The van der Waals surface area contributed by atoms with Crippen LogP contribution in [0.2, 0.25) is 0 Å². The SMILES string of the molecule is Nc1ncnc2c1ncn2/C=C1\C(CO)C1(F)F. The number of halogens is 2. The standard InChI is InChI=1S/C10H9F2N5O/c11-10(12)5(6(10)2-18)1-17-4-16-7-8(13)14-3-15-9(7)17/h1,3-4,6,18H,2H2,(H2,13,14,15)/b5-1+. The third-order valence-corrected chi connectivity index (χ3v) is 2.96. The van der Waals surface area contributed by atoms with E-state index >= 15 is 0 Å². The first-order valence-electron chi connectivity index (χ1n) is 5.19. The Morgan fingerprint density at radius 2 is 2.22 bits per heavy atom. The van der Waals surface area contributed by atoms with E-state index < -0.39 is 18.4 Å². The van der Waals surface area contributed by atoms with Crippen LogP contribution < -0.4 is 5.73 Å². The fourth-order valence-corrected chi connectivity index (χ4v) is 1.86. The molecule has 6 nitrogen and oxygen atoms in total. The Labute approximate surface area is 99.8 Å². The minimum atomic E-state index is -2.95. The highest BCUT2D eigenvalue weighted by Crippen LogP contribution is 2.54. The zero-order chi connectivity index (χ0) is 12.9. The monoisotopic (exact) mass is 253 g/mol. The van der Waals surface area contributed by atoms with Crippen molar-refractivity contribution in [2.45, 2.75) is 5.92 Å². The van der Waals surface area contributed by atoms with Gasteiger partial charge in [-0.25, -0.2) is 23.7 Å². The number of imidazole rings is 1. The van der Waals surface area contributed by atoms with E-state index in [-0.39, 0.29) is 11.4 Å². The van der Waals surface area contributed by atoms with E-state index in [0.717, 1.165) is 0 Å². The Hall–Kier alpha value is -2.09. The molecule has 1 saturated carbocycles. The number of nitrogen functional groups attached to an aromatic ring is 1. The van der Waals surface area contributed by atoms with Gasteiger partial charge in [-0.05, 0) is 0 Å². The van der Waals surface area contributed by atoms with Gasteiger partial charge < -0.3 is 10.8 Å². The number of hydrogen-bond acceptors (Lipinski definition) is 5. The van der Waals surface area contributed by atoms with Crippen LogP contribution in [0.15, 0.2) is 18.2 Å². The second kappa shape index (κ2) is 3.45. The Kier molecular flexibility index (Phi) is 2.11. The summed E-state index contributed by atoms with van der Waals surface area (Å²) in [6.07, 6.45) is 3.80. The van der Waals surface area contributed by atoms with Crippen LogP contribution in [0.1, 0.15) is 0 Å². The first-order chi connectivity index (χ1) is 8.55. The number of aromatic nitrogens is 4. The summed E-state index contributed by atoms with van der Waals surface area (Å²) in [5, 5.41) is 8.81. The predicted molar refractivity (Wildman–Crippen MR) is 59.5 cm³/mol. The van der Waals surface area contributed by atoms with E-state index in [1.807, 2.05) is 0 Å². The van der Waals surface area contributed by atoms with Gasteiger partial charge in [-0.2, -0.15) is 0 Å². The van der Waals surface area contributed by atoms with Crippen LogP contribution in [-0.2, 0) is 0 Å². The maximum absolute atomic E-state index is 13.2. The number of aliphatic hydroxyl groups is 1. The highest BCUT2D eigenvalue weighted by molar-refractivity contribution is 5.82. The molecule has 1 fully saturated rings. The smallest absolute Gasteiger partial charge is 0.280 e. The van der Waals surface area contributed by atoms with Crippen LogP contribution in [0.25, 0.3) is 17.4 Å². The Morgan fingerprint density at radius 1 is 1.44 bits per heavy atom. The summed E-state index contributed by atoms with van der Waals surface area (Å²) < 4.78 is 27.8. The number of anilines is 1. The zero-order valence-electron chi connectivity index (χ0n) is 9.09. The van der Waals surface area contributed by atoms with Crippen molar-refractivity contribution >= 4 is 23.2 Å². The molecule has 0 amide bonds. The Bertz CT molecular complexity index is 651. The van der Waals surface area contributed by atoms with Crippen molar-refractivity contribution in [3.63, 3.8) is 0 Å². The number of aliphatic hydroxyl groups excluding tert-OH is 1. The minimum absolute atomic E-state index is 0.138. The summed E-state index contributed by atoms with van der Waals surface area (Å²) in [4.78, 5) is 11.7. The third kappa shape index (κ3) is 1.39. The minimum Gasteiger partial charge on any atom is -0.395 e. The molecule has 0 radical (unpaired) electrons. The van der Waals surface area contributed by atoms with Crippen molar-refractivity contribution in [2.24, 2.45) is 5.92 Å². The van der Waals surface area contributed by atoms with Crippen LogP contribution >= 0.6 is 0 Å². The van der Waals surface area contributed by atoms with E-state index in [1.165, 1.54) is 23.4 Å². The molecule has 0 spiro atoms. The quantitative estimate of drug-likeness (QED) is 0.813. The summed E-state index contributed by atoms with van der Waals surface area (Å²) in [6.45, 7) is -0.581. The fourth-order valence-electron chi connectivity index (χ4n) is 1.86. The van der Waals surface area contributed by atoms with Crippen molar-refractivity contribution in [3.8, 4) is 0 Å². The number of nitrogens with two attached hydrogens (primary N) is 1. The number of alkyl halides is 2. The van der Waals surface area contributed by atoms with E-state index in [2.05, 4.69) is 15.0 Å². The predicted octanol–water partition coefficient (Wildman–Crippen LogP) is 0.507. The molecule has 1 aliphatic carbocycles. The molecular weight excluding hydrogens is 244 g/mol. The molecule has 3 rings (SSSR count). The molecule has 18 heavy (non-hydrogen) atoms. The summed E-state index contributed by atoms with van der Waals surface area (Å²) >= 11 is 0. The van der Waals surface area contributed by atoms with Crippen LogP contribution in [0, 0.1) is 5.92 Å². The molecule has 94 valence electrons. The second-order valence-electron chi connectivity index (χ2n) is 4.03. The third-order valence-electron chi connectivity index (χ3n) is 2.96. The lowest BCUT2D eigenvalue weighted by Gasteiger charge is -1.95. The largest absolute Gasteiger partial charge is 0.395 e. The number of hydrogen-bond donors (Lipinski definition) is 2. The maximum Gasteiger partial charge on any atom is 0.280 e. The highest BCUT2D eigenvalue weighted by Gasteiger charge is 2.63. The first-order valence-corrected chi connectivity index (χ1v) is 5.19. The van der Waals surface area contributed by atoms with Gasteiger partial charge in [0.15, 0.2) is 17.0 Å². The molecule has 3 N–H and O–H groups in total. The zero-order valence-corrected chi connectivity index (χ0v) is 9.09. The second-order valence-corrected chi connectivity index (χ2v) is 4.03. The van der Waals surface area contributed by atoms with Gasteiger partial charge in [-0.15, -0.1) is 0 Å². The Balaban J connectivity index is 2.08. The number of nitrogens with zero attached hydrogens (tertiary/aromatic N) is 4. The van der Waals surface area contributed by atoms with Gasteiger partial charge in [-0.1, -0.05) is 0 Å². The van der Waals surface area contributed by atoms with Gasteiger partial charge in [0.05, 0.1) is 12.5 Å². The van der Waals surface area contributed by atoms with Crippen LogP contribution in [0.5, 0.6) is 0 Å². The Morgan fingerprint density at radius 3 is 2.89 bits per heavy atom. The van der Waals surface area contributed by atoms with Crippen molar-refractivity contribution < 1.29 is 13.9 Å². The fraction of sp³-hybridized carbons (Fsp3) is 0.300. The van der Waals surface area contributed by atoms with Gasteiger partial charge >= 0.3 is 0 Å². The van der Waals surface area contributed by atoms with E-state index in [9.17, 15) is 8.78 Å². The number of rotatable bonds is 2. The van der Waals surface area contributed by atoms with E-state index in [0.29, 0.717) is 11.2 Å². The molecule has 0 aromatic carbocycles. The summed E-state index contributed by atoms with van der Waals surface area (Å²) in [5.41, 5.74) is 6.17. The number of fused-ring (bicyclic) bond motifs is 1. The maximum atomic E-state index is 13.2. The summed E-state index contributed by atoms with van der Waals surface area (Å²) in [5.74, 6) is -3.88. The van der Waals surface area contributed by atoms with Crippen LogP contribution in [0.3, 0.4) is 0 Å². The lowest BCUT2D eigenvalue weighted by atomic mass is 10.4. The van der Waals surface area contributed by atoms with Gasteiger partial charge in [0.25, 0.3) is 5.92 Å². The van der Waals surface area contributed by atoms with Crippen LogP contribution in [0.4, 0.5) is 14.6 Å². The first kappa shape index (κ1) is 11.0. The topological polar surface area (TPSA) is 89.9 Å². The average Bonchev–Trinajstić information content (AvgIpc) is 2.69. The van der Waals surface area contributed by atoms with Crippen molar-refractivity contribution in [2.75, 3.05) is 12.3 Å². The molecule has 0 saturated heterocycles. The molecule has 1 aliphatic rings. The highest BCUT2D eigenvalue weighted by atomic mass is 19.3. The van der Waals surface area contributed by atoms with Crippen molar-refractivity contribution in [1.29, 1.82) is 0 Å². The molecule has 2 aromatic heterocycles. The van der Waals surface area contributed by atoms with E-state index in [1.54, 1.807) is 0 Å². The van der Waals surface area contributed by atoms with Gasteiger partial charge in [0, 0.05) is 11.8 Å². The normalized spacial score (nSPS) is 23.7. The van der Waals surface area contributed by atoms with Crippen molar-refractivity contribution in [1.82, 2.24) is 19.5 Å². The molecule has 0 aliphatic heterocycles. The van der Waals surface area contributed by atoms with Crippen LogP contribution in [-0.4, -0.2) is 37.2 Å². The molecule has 2 aromatic rings. The molecule has 0 bridgehead atoms. The summed E-state index contributed by atoms with van der Waals surface area (Å²) in [7, 11) is 0. The molecule has 1 unspecified atom stereocenters.